The minimum atomic E-state index is -0.804. The molecular formula is C19H34N4O3. The van der Waals surface area contributed by atoms with E-state index in [9.17, 15) is 14.4 Å². The summed E-state index contributed by atoms with van der Waals surface area (Å²) in [5.74, 6) is -0.427. The van der Waals surface area contributed by atoms with E-state index in [1.54, 1.807) is 0 Å². The molecule has 1 saturated heterocycles. The molecule has 1 aliphatic heterocycles. The van der Waals surface area contributed by atoms with E-state index in [-0.39, 0.29) is 24.3 Å². The standard InChI is InChI=1S/C19H34N4O3/c1-13(2)22(14(3)4)11-10-20-16(24)12-23-17(25)19(21-18(23)26)9-7-6-8-15(19)5/h13-15H,6-12H2,1-5H3,(H,20,24)(H,21,26). The van der Waals surface area contributed by atoms with Crippen LogP contribution in [0, 0.1) is 5.92 Å². The van der Waals surface area contributed by atoms with Crippen LogP contribution >= 0.6 is 0 Å². The first-order valence-electron chi connectivity index (χ1n) is 9.85. The highest BCUT2D eigenvalue weighted by atomic mass is 16.2. The number of hydrogen-bond donors (Lipinski definition) is 2. The van der Waals surface area contributed by atoms with Crippen LogP contribution in [0.1, 0.15) is 60.3 Å². The zero-order valence-electron chi connectivity index (χ0n) is 16.8. The Labute approximate surface area is 156 Å². The van der Waals surface area contributed by atoms with Crippen molar-refractivity contribution in [2.45, 2.75) is 77.9 Å². The molecule has 1 heterocycles. The van der Waals surface area contributed by atoms with Gasteiger partial charge in [-0.3, -0.25) is 19.4 Å². The second kappa shape index (κ2) is 8.37. The molecule has 0 bridgehead atoms. The van der Waals surface area contributed by atoms with Crippen molar-refractivity contribution in [2.24, 2.45) is 5.92 Å². The fourth-order valence-electron chi connectivity index (χ4n) is 4.28. The molecule has 0 aromatic carbocycles. The van der Waals surface area contributed by atoms with E-state index < -0.39 is 11.6 Å². The Morgan fingerprint density at radius 1 is 1.27 bits per heavy atom. The predicted octanol–water partition coefficient (Wildman–Crippen LogP) is 1.72. The fraction of sp³-hybridized carbons (Fsp3) is 0.842. The van der Waals surface area contributed by atoms with Crippen molar-refractivity contribution in [3.8, 4) is 0 Å². The summed E-state index contributed by atoms with van der Waals surface area (Å²) in [7, 11) is 0. The molecule has 7 nitrogen and oxygen atoms in total. The van der Waals surface area contributed by atoms with E-state index in [0.29, 0.717) is 25.0 Å². The van der Waals surface area contributed by atoms with Crippen LogP contribution in [0.4, 0.5) is 4.79 Å². The molecule has 2 rings (SSSR count). The smallest absolute Gasteiger partial charge is 0.325 e. The molecule has 7 heteroatoms. The summed E-state index contributed by atoms with van der Waals surface area (Å²) < 4.78 is 0. The lowest BCUT2D eigenvalue weighted by molar-refractivity contribution is -0.137. The molecule has 2 unspecified atom stereocenters. The number of urea groups is 1. The minimum absolute atomic E-state index is 0.103. The maximum atomic E-state index is 12.9. The number of rotatable bonds is 7. The Balaban J connectivity index is 1.89. The molecule has 2 atom stereocenters. The lowest BCUT2D eigenvalue weighted by atomic mass is 9.73. The lowest BCUT2D eigenvalue weighted by Crippen LogP contribution is -2.54. The fourth-order valence-corrected chi connectivity index (χ4v) is 4.28. The number of nitrogens with zero attached hydrogens (tertiary/aromatic N) is 2. The van der Waals surface area contributed by atoms with Gasteiger partial charge in [-0.05, 0) is 46.5 Å². The van der Waals surface area contributed by atoms with Crippen molar-refractivity contribution < 1.29 is 14.4 Å². The van der Waals surface area contributed by atoms with Gasteiger partial charge in [-0.15, -0.1) is 0 Å². The summed E-state index contributed by atoms with van der Waals surface area (Å²) in [6, 6.07) is 0.348. The van der Waals surface area contributed by atoms with Gasteiger partial charge < -0.3 is 10.6 Å². The van der Waals surface area contributed by atoms with E-state index in [2.05, 4.69) is 43.2 Å². The van der Waals surface area contributed by atoms with Crippen molar-refractivity contribution in [3.63, 3.8) is 0 Å². The molecule has 1 spiro atoms. The van der Waals surface area contributed by atoms with Gasteiger partial charge in [0.05, 0.1) is 0 Å². The summed E-state index contributed by atoms with van der Waals surface area (Å²) in [5, 5.41) is 5.72. The van der Waals surface area contributed by atoms with Crippen molar-refractivity contribution >= 4 is 17.8 Å². The average Bonchev–Trinajstić information content (AvgIpc) is 2.79. The van der Waals surface area contributed by atoms with Crippen LogP contribution in [0.25, 0.3) is 0 Å². The van der Waals surface area contributed by atoms with Gasteiger partial charge in [0.2, 0.25) is 5.91 Å². The quantitative estimate of drug-likeness (QED) is 0.672. The van der Waals surface area contributed by atoms with Crippen molar-refractivity contribution in [3.05, 3.63) is 0 Å². The van der Waals surface area contributed by atoms with Crippen molar-refractivity contribution in [2.75, 3.05) is 19.6 Å². The van der Waals surface area contributed by atoms with Crippen LogP contribution in [0.3, 0.4) is 0 Å². The monoisotopic (exact) mass is 366 g/mol. The molecule has 148 valence electrons. The molecule has 1 aliphatic carbocycles. The lowest BCUT2D eigenvalue weighted by Gasteiger charge is -2.36. The Kier molecular flexibility index (Phi) is 6.66. The first-order chi connectivity index (χ1) is 12.2. The molecule has 1 saturated carbocycles. The predicted molar refractivity (Wildman–Crippen MR) is 101 cm³/mol. The Morgan fingerprint density at radius 2 is 1.92 bits per heavy atom. The van der Waals surface area contributed by atoms with Gasteiger partial charge in [-0.2, -0.15) is 0 Å². The van der Waals surface area contributed by atoms with E-state index in [1.807, 2.05) is 6.92 Å². The molecule has 0 aromatic rings. The third-order valence-electron chi connectivity index (χ3n) is 5.82. The highest BCUT2D eigenvalue weighted by Crippen LogP contribution is 2.38. The number of carbonyl (C=O) groups excluding carboxylic acids is 3. The van der Waals surface area contributed by atoms with Crippen LogP contribution in [-0.2, 0) is 9.59 Å². The van der Waals surface area contributed by atoms with Gasteiger partial charge in [0.25, 0.3) is 5.91 Å². The SMILES string of the molecule is CC(C)N(CCNC(=O)CN1C(=O)NC2(CCCCC2C)C1=O)C(C)C. The van der Waals surface area contributed by atoms with Crippen LogP contribution in [0.5, 0.6) is 0 Å². The third kappa shape index (κ3) is 4.19. The average molecular weight is 367 g/mol. The number of imide groups is 1. The highest BCUT2D eigenvalue weighted by Gasteiger charge is 2.55. The van der Waals surface area contributed by atoms with Crippen LogP contribution in [-0.4, -0.2) is 64.9 Å². The molecule has 4 amide bonds. The zero-order chi connectivity index (χ0) is 19.5. The van der Waals surface area contributed by atoms with Gasteiger partial charge >= 0.3 is 6.03 Å². The molecule has 0 aromatic heterocycles. The van der Waals surface area contributed by atoms with Gasteiger partial charge in [-0.1, -0.05) is 19.8 Å². The molecule has 2 N–H and O–H groups in total. The summed E-state index contributed by atoms with van der Waals surface area (Å²) in [6.45, 7) is 11.5. The summed E-state index contributed by atoms with van der Waals surface area (Å²) in [5.41, 5.74) is -0.804. The van der Waals surface area contributed by atoms with Gasteiger partial charge in [0.1, 0.15) is 12.1 Å². The molecule has 26 heavy (non-hydrogen) atoms. The molecule has 2 aliphatic rings. The first kappa shape index (κ1) is 20.7. The number of hydrogen-bond acceptors (Lipinski definition) is 4. The van der Waals surface area contributed by atoms with Crippen LogP contribution in [0.2, 0.25) is 0 Å². The minimum Gasteiger partial charge on any atom is -0.353 e. The van der Waals surface area contributed by atoms with Crippen LogP contribution in [0.15, 0.2) is 0 Å². The highest BCUT2D eigenvalue weighted by molar-refractivity contribution is 6.09. The summed E-state index contributed by atoms with van der Waals surface area (Å²) in [6.07, 6.45) is 3.59. The topological polar surface area (TPSA) is 81.8 Å². The maximum absolute atomic E-state index is 12.9. The van der Waals surface area contributed by atoms with Gasteiger partial charge in [0, 0.05) is 25.2 Å². The normalized spacial score (nSPS) is 26.3. The Bertz CT molecular complexity index is 541. The summed E-state index contributed by atoms with van der Waals surface area (Å²) in [4.78, 5) is 40.8. The third-order valence-corrected chi connectivity index (χ3v) is 5.82. The maximum Gasteiger partial charge on any atom is 0.325 e. The molecular weight excluding hydrogens is 332 g/mol. The largest absolute Gasteiger partial charge is 0.353 e. The van der Waals surface area contributed by atoms with E-state index in [4.69, 9.17) is 0 Å². The van der Waals surface area contributed by atoms with E-state index in [1.165, 1.54) is 0 Å². The van der Waals surface area contributed by atoms with Crippen LogP contribution < -0.4 is 10.6 Å². The molecule has 2 fully saturated rings. The van der Waals surface area contributed by atoms with Crippen molar-refractivity contribution in [1.82, 2.24) is 20.4 Å². The van der Waals surface area contributed by atoms with Gasteiger partial charge in [0.15, 0.2) is 0 Å². The van der Waals surface area contributed by atoms with Crippen molar-refractivity contribution in [1.29, 1.82) is 0 Å². The Morgan fingerprint density at radius 3 is 2.50 bits per heavy atom. The second-order valence-corrected chi connectivity index (χ2v) is 8.21. The van der Waals surface area contributed by atoms with E-state index >= 15 is 0 Å². The van der Waals surface area contributed by atoms with E-state index in [0.717, 1.165) is 30.7 Å². The Hall–Kier alpha value is -1.63. The number of amides is 4. The second-order valence-electron chi connectivity index (χ2n) is 8.21. The van der Waals surface area contributed by atoms with Gasteiger partial charge in [-0.25, -0.2) is 4.79 Å². The molecule has 0 radical (unpaired) electrons. The number of nitrogens with one attached hydrogen (secondary N) is 2. The zero-order valence-corrected chi connectivity index (χ0v) is 16.8. The summed E-state index contributed by atoms with van der Waals surface area (Å²) >= 11 is 0. The number of carbonyl (C=O) groups is 3. The first-order valence-corrected chi connectivity index (χ1v) is 9.85.